The quantitative estimate of drug-likeness (QED) is 0.203. The van der Waals surface area contributed by atoms with Gasteiger partial charge < -0.3 is 29.2 Å². The number of ether oxygens (including phenoxy) is 4. The van der Waals surface area contributed by atoms with Crippen LogP contribution in [-0.2, 0) is 22.5 Å². The normalized spacial score (nSPS) is 12.9. The van der Waals surface area contributed by atoms with Crippen LogP contribution in [0.1, 0.15) is 50.3 Å². The lowest BCUT2D eigenvalue weighted by molar-refractivity contribution is -0.115. The van der Waals surface area contributed by atoms with Gasteiger partial charge in [-0.05, 0) is 93.6 Å². The van der Waals surface area contributed by atoms with E-state index in [1.54, 1.807) is 31.4 Å². The van der Waals surface area contributed by atoms with Crippen LogP contribution in [-0.4, -0.2) is 47.7 Å². The molecule has 0 bridgehead atoms. The molecule has 230 valence electrons. The van der Waals surface area contributed by atoms with E-state index in [0.29, 0.717) is 35.2 Å². The van der Waals surface area contributed by atoms with Gasteiger partial charge in [-0.2, -0.15) is 0 Å². The molecular weight excluding hydrogens is 558 g/mol. The van der Waals surface area contributed by atoms with Crippen LogP contribution in [0.5, 0.6) is 23.0 Å². The second kappa shape index (κ2) is 12.8. The highest BCUT2D eigenvalue weighted by Crippen LogP contribution is 2.37. The van der Waals surface area contributed by atoms with Crippen LogP contribution in [0.2, 0.25) is 0 Å². The monoisotopic (exact) mass is 597 g/mol. The number of nitrogens with zero attached hydrogens (tertiary/aromatic N) is 2. The number of hydrogen-bond acceptors (Lipinski definition) is 7. The van der Waals surface area contributed by atoms with E-state index in [4.69, 9.17) is 18.9 Å². The number of pyridine rings is 1. The largest absolute Gasteiger partial charge is 0.493 e. The summed E-state index contributed by atoms with van der Waals surface area (Å²) in [7, 11) is 3.17. The summed E-state index contributed by atoms with van der Waals surface area (Å²) in [6.07, 6.45) is 3.52. The van der Waals surface area contributed by atoms with E-state index >= 15 is 0 Å². The second-order valence-electron chi connectivity index (χ2n) is 12.1. The summed E-state index contributed by atoms with van der Waals surface area (Å²) in [6, 6.07) is 18.9. The molecule has 1 fully saturated rings. The van der Waals surface area contributed by atoms with E-state index in [-0.39, 0.29) is 24.5 Å². The van der Waals surface area contributed by atoms with Crippen LogP contribution >= 0.6 is 0 Å². The predicted octanol–water partition coefficient (Wildman–Crippen LogP) is 7.43. The molecule has 9 nitrogen and oxygen atoms in total. The molecule has 0 radical (unpaired) electrons. The van der Waals surface area contributed by atoms with Crippen LogP contribution in [0.15, 0.2) is 66.9 Å². The number of nitrogens with one attached hydrogen (secondary N) is 1. The van der Waals surface area contributed by atoms with E-state index in [9.17, 15) is 9.59 Å². The molecule has 0 atom stereocenters. The van der Waals surface area contributed by atoms with Crippen molar-refractivity contribution in [3.05, 3.63) is 83.6 Å². The smallest absolute Gasteiger partial charge is 0.410 e. The summed E-state index contributed by atoms with van der Waals surface area (Å²) in [4.78, 5) is 32.0. The maximum Gasteiger partial charge on any atom is 0.410 e. The van der Waals surface area contributed by atoms with Crippen LogP contribution in [0.3, 0.4) is 0 Å². The van der Waals surface area contributed by atoms with Crippen LogP contribution in [0.4, 0.5) is 10.5 Å². The van der Waals surface area contributed by atoms with E-state index < -0.39 is 5.60 Å². The lowest BCUT2D eigenvalue weighted by Gasteiger charge is -2.27. The number of anilines is 1. The Bertz CT molecular complexity index is 1660. The third kappa shape index (κ3) is 7.78. The Labute approximate surface area is 258 Å². The standard InChI is InChI=1S/C35H39N3O6/c1-22-15-24(21-38(26-9-10-26)34(40)44-35(2,3)4)17-25(16-22)37-33(39)18-23-7-11-27(12-8-23)43-30-13-14-36-29-20-32(42-6)31(41-5)19-28(29)30/h7-8,11-17,19-20,26H,9-10,18,21H2,1-6H3,(H,37,39). The van der Waals surface area contributed by atoms with Gasteiger partial charge in [-0.15, -0.1) is 0 Å². The van der Waals surface area contributed by atoms with Gasteiger partial charge >= 0.3 is 6.09 Å². The lowest BCUT2D eigenvalue weighted by atomic mass is 10.1. The van der Waals surface area contributed by atoms with Gasteiger partial charge in [0.25, 0.3) is 0 Å². The molecule has 2 amide bonds. The topological polar surface area (TPSA) is 99.2 Å². The van der Waals surface area contributed by atoms with Crippen molar-refractivity contribution in [3.8, 4) is 23.0 Å². The van der Waals surface area contributed by atoms with E-state index in [0.717, 1.165) is 40.4 Å². The molecule has 9 heteroatoms. The van der Waals surface area contributed by atoms with Gasteiger partial charge in [0.1, 0.15) is 17.1 Å². The molecule has 1 aliphatic carbocycles. The number of benzene rings is 3. The highest BCUT2D eigenvalue weighted by atomic mass is 16.6. The molecule has 1 aromatic heterocycles. The number of rotatable bonds is 10. The van der Waals surface area contributed by atoms with Gasteiger partial charge in [0.15, 0.2) is 11.5 Å². The van der Waals surface area contributed by atoms with Crippen molar-refractivity contribution in [1.82, 2.24) is 9.88 Å². The Kier molecular flexibility index (Phi) is 8.94. The molecule has 4 aromatic rings. The zero-order valence-corrected chi connectivity index (χ0v) is 26.1. The fourth-order valence-electron chi connectivity index (χ4n) is 5.00. The summed E-state index contributed by atoms with van der Waals surface area (Å²) >= 11 is 0. The maximum absolute atomic E-state index is 13.0. The summed E-state index contributed by atoms with van der Waals surface area (Å²) in [6.45, 7) is 8.02. The van der Waals surface area contributed by atoms with Crippen molar-refractivity contribution < 1.29 is 28.5 Å². The third-order valence-corrected chi connectivity index (χ3v) is 7.11. The first-order chi connectivity index (χ1) is 21.0. The van der Waals surface area contributed by atoms with Crippen LogP contribution in [0, 0.1) is 6.92 Å². The number of fused-ring (bicyclic) bond motifs is 1. The van der Waals surface area contributed by atoms with Gasteiger partial charge in [-0.25, -0.2) is 4.79 Å². The molecule has 1 heterocycles. The number of methoxy groups -OCH3 is 2. The molecule has 3 aromatic carbocycles. The number of carbonyl (C=O) groups is 2. The number of hydrogen-bond donors (Lipinski definition) is 1. The van der Waals surface area contributed by atoms with Gasteiger partial charge in [0.05, 0.1) is 26.2 Å². The van der Waals surface area contributed by atoms with Crippen LogP contribution in [0.25, 0.3) is 10.9 Å². The Balaban J connectivity index is 1.23. The fraction of sp³-hybridized carbons (Fsp3) is 0.343. The van der Waals surface area contributed by atoms with E-state index in [1.165, 1.54) is 0 Å². The molecule has 0 aliphatic heterocycles. The summed E-state index contributed by atoms with van der Waals surface area (Å²) in [5, 5.41) is 3.81. The van der Waals surface area contributed by atoms with Gasteiger partial charge in [-0.3, -0.25) is 9.78 Å². The number of amides is 2. The van der Waals surface area contributed by atoms with Gasteiger partial charge in [0, 0.05) is 35.9 Å². The first-order valence-corrected chi connectivity index (χ1v) is 14.7. The van der Waals surface area contributed by atoms with Gasteiger partial charge in [0.2, 0.25) is 5.91 Å². The zero-order valence-electron chi connectivity index (χ0n) is 26.1. The third-order valence-electron chi connectivity index (χ3n) is 7.11. The summed E-state index contributed by atoms with van der Waals surface area (Å²) in [5.41, 5.74) is 3.65. The highest BCUT2D eigenvalue weighted by molar-refractivity contribution is 5.92. The molecule has 1 N–H and O–H groups in total. The molecule has 0 unspecified atom stereocenters. The Morgan fingerprint density at radius 1 is 0.909 bits per heavy atom. The SMILES string of the molecule is COc1cc2nccc(Oc3ccc(CC(=O)Nc4cc(C)cc(CN(C(=O)OC(C)(C)C)C5CC5)c4)cc3)c2cc1OC. The zero-order chi connectivity index (χ0) is 31.4. The van der Waals surface area contributed by atoms with E-state index in [1.807, 2.05) is 82.3 Å². The Morgan fingerprint density at radius 3 is 2.27 bits per heavy atom. The number of aryl methyl sites for hydroxylation is 1. The molecule has 5 rings (SSSR count). The minimum atomic E-state index is -0.559. The first-order valence-electron chi connectivity index (χ1n) is 14.7. The lowest BCUT2D eigenvalue weighted by Crippen LogP contribution is -2.37. The molecular formula is C35H39N3O6. The van der Waals surface area contributed by atoms with Crippen molar-refractivity contribution in [2.75, 3.05) is 19.5 Å². The second-order valence-corrected chi connectivity index (χ2v) is 12.1. The van der Waals surface area contributed by atoms with Crippen LogP contribution < -0.4 is 19.5 Å². The number of aromatic nitrogens is 1. The van der Waals surface area contributed by atoms with Crippen molar-refractivity contribution in [2.24, 2.45) is 0 Å². The van der Waals surface area contributed by atoms with Crippen molar-refractivity contribution >= 4 is 28.6 Å². The molecule has 0 spiro atoms. The molecule has 0 saturated heterocycles. The summed E-state index contributed by atoms with van der Waals surface area (Å²) in [5.74, 6) is 2.30. The Hall–Kier alpha value is -4.79. The van der Waals surface area contributed by atoms with E-state index in [2.05, 4.69) is 10.3 Å². The average molecular weight is 598 g/mol. The minimum absolute atomic E-state index is 0.137. The summed E-state index contributed by atoms with van der Waals surface area (Å²) < 4.78 is 22.6. The predicted molar refractivity (Wildman–Crippen MR) is 170 cm³/mol. The molecule has 1 aliphatic rings. The van der Waals surface area contributed by atoms with Crippen molar-refractivity contribution in [1.29, 1.82) is 0 Å². The van der Waals surface area contributed by atoms with Gasteiger partial charge in [-0.1, -0.05) is 18.2 Å². The van der Waals surface area contributed by atoms with Crippen molar-refractivity contribution in [3.63, 3.8) is 0 Å². The Morgan fingerprint density at radius 2 is 1.61 bits per heavy atom. The van der Waals surface area contributed by atoms with Crippen molar-refractivity contribution in [2.45, 2.75) is 65.1 Å². The highest BCUT2D eigenvalue weighted by Gasteiger charge is 2.35. The molecule has 1 saturated carbocycles. The molecule has 44 heavy (non-hydrogen) atoms. The first kappa shape index (κ1) is 30.7. The average Bonchev–Trinajstić information content (AvgIpc) is 3.80. The maximum atomic E-state index is 13.0. The minimum Gasteiger partial charge on any atom is -0.493 e. The fourth-order valence-corrected chi connectivity index (χ4v) is 5.00. The number of carbonyl (C=O) groups excluding carboxylic acids is 2.